The van der Waals surface area contributed by atoms with E-state index in [1.54, 1.807) is 6.07 Å². The Morgan fingerprint density at radius 1 is 1.15 bits per heavy atom. The molecule has 6 atom stereocenters. The molecular formula is C18H14ClN3O4. The average molecular weight is 372 g/mol. The maximum absolute atomic E-state index is 12.8. The molecule has 1 aliphatic heterocycles. The smallest absolute Gasteiger partial charge is 0.272 e. The molecule has 0 aromatic heterocycles. The predicted molar refractivity (Wildman–Crippen MR) is 92.3 cm³/mol. The van der Waals surface area contributed by atoms with Crippen LogP contribution in [0.25, 0.3) is 0 Å². The topological polar surface area (TPSA) is 92.9 Å². The van der Waals surface area contributed by atoms with Gasteiger partial charge in [-0.25, -0.2) is 0 Å². The molecule has 5 aliphatic rings. The summed E-state index contributed by atoms with van der Waals surface area (Å²) in [6.45, 7) is 0. The first kappa shape index (κ1) is 15.7. The Balaban J connectivity index is 1.43. The van der Waals surface area contributed by atoms with Crippen molar-refractivity contribution in [3.63, 3.8) is 0 Å². The van der Waals surface area contributed by atoms with Crippen LogP contribution in [0.4, 0.5) is 5.69 Å². The fourth-order valence-electron chi connectivity index (χ4n) is 4.93. The first-order chi connectivity index (χ1) is 12.5. The van der Waals surface area contributed by atoms with Gasteiger partial charge in [0.1, 0.15) is 5.02 Å². The molecule has 0 radical (unpaired) electrons. The Hall–Kier alpha value is -2.54. The summed E-state index contributed by atoms with van der Waals surface area (Å²) in [6, 6.07) is 4.22. The number of amides is 2. The van der Waals surface area contributed by atoms with Crippen molar-refractivity contribution >= 4 is 35.3 Å². The largest absolute Gasteiger partial charge is 0.288 e. The molecule has 2 amide bonds. The first-order valence-corrected chi connectivity index (χ1v) is 8.89. The Morgan fingerprint density at radius 3 is 2.35 bits per heavy atom. The molecule has 0 spiro atoms. The number of hydrogen-bond donors (Lipinski definition) is 0. The lowest BCUT2D eigenvalue weighted by molar-refractivity contribution is -0.384. The molecule has 1 saturated heterocycles. The number of halogens is 1. The van der Waals surface area contributed by atoms with Gasteiger partial charge >= 0.3 is 0 Å². The second-order valence-electron chi connectivity index (χ2n) is 7.36. The molecule has 6 rings (SSSR count). The van der Waals surface area contributed by atoms with Crippen LogP contribution in [0.15, 0.2) is 35.5 Å². The highest BCUT2D eigenvalue weighted by Crippen LogP contribution is 2.65. The van der Waals surface area contributed by atoms with E-state index in [4.69, 9.17) is 11.6 Å². The highest BCUT2D eigenvalue weighted by atomic mass is 35.5. The molecule has 2 bridgehead atoms. The molecule has 2 saturated carbocycles. The number of nitrogens with zero attached hydrogens (tertiary/aromatic N) is 3. The summed E-state index contributed by atoms with van der Waals surface area (Å²) >= 11 is 5.79. The Morgan fingerprint density at radius 2 is 1.77 bits per heavy atom. The molecule has 3 fully saturated rings. The molecule has 7 nitrogen and oxygen atoms in total. The predicted octanol–water partition coefficient (Wildman–Crippen LogP) is 2.64. The van der Waals surface area contributed by atoms with Crippen molar-refractivity contribution < 1.29 is 14.5 Å². The van der Waals surface area contributed by atoms with Crippen molar-refractivity contribution in [1.29, 1.82) is 0 Å². The van der Waals surface area contributed by atoms with E-state index in [0.29, 0.717) is 17.4 Å². The van der Waals surface area contributed by atoms with Crippen molar-refractivity contribution in [1.82, 2.24) is 5.01 Å². The van der Waals surface area contributed by atoms with Gasteiger partial charge in [0.2, 0.25) is 0 Å². The Kier molecular flexibility index (Phi) is 3.16. The van der Waals surface area contributed by atoms with Crippen LogP contribution in [0, 0.1) is 45.6 Å². The molecule has 26 heavy (non-hydrogen) atoms. The van der Waals surface area contributed by atoms with E-state index in [1.165, 1.54) is 18.3 Å². The van der Waals surface area contributed by atoms with Gasteiger partial charge in [-0.15, -0.1) is 0 Å². The summed E-state index contributed by atoms with van der Waals surface area (Å²) in [5.74, 6) is 0.216. The number of nitro groups is 1. The molecule has 0 unspecified atom stereocenters. The zero-order valence-corrected chi connectivity index (χ0v) is 14.2. The van der Waals surface area contributed by atoms with E-state index in [1.807, 2.05) is 0 Å². The zero-order valence-electron chi connectivity index (χ0n) is 13.5. The summed E-state index contributed by atoms with van der Waals surface area (Å²) < 4.78 is 0. The first-order valence-electron chi connectivity index (χ1n) is 8.51. The van der Waals surface area contributed by atoms with Gasteiger partial charge in [-0.2, -0.15) is 10.1 Å². The molecule has 8 heteroatoms. The number of hydrogen-bond acceptors (Lipinski definition) is 5. The van der Waals surface area contributed by atoms with Crippen LogP contribution in [-0.4, -0.2) is 28.0 Å². The van der Waals surface area contributed by atoms with Crippen molar-refractivity contribution in [3.8, 4) is 0 Å². The van der Waals surface area contributed by atoms with E-state index >= 15 is 0 Å². The van der Waals surface area contributed by atoms with Crippen LogP contribution in [0.1, 0.15) is 12.0 Å². The molecule has 1 heterocycles. The number of imide groups is 1. The number of carbonyl (C=O) groups is 2. The van der Waals surface area contributed by atoms with Crippen LogP contribution in [-0.2, 0) is 9.59 Å². The lowest BCUT2D eigenvalue weighted by atomic mass is 9.63. The minimum absolute atomic E-state index is 0.0216. The van der Waals surface area contributed by atoms with E-state index in [9.17, 15) is 19.7 Å². The van der Waals surface area contributed by atoms with Crippen LogP contribution in [0.5, 0.6) is 0 Å². The number of rotatable bonds is 3. The molecular weight excluding hydrogens is 358 g/mol. The SMILES string of the molecule is O=C1[C@@H]2[C@@H]3C=C[C@@H]([C@@H]4C[C@H]34)[C@@H]2C(=O)N1/N=C\c1ccc(Cl)c([N+](=O)[O-])c1. The van der Waals surface area contributed by atoms with Crippen LogP contribution in [0.2, 0.25) is 5.02 Å². The fourth-order valence-corrected chi connectivity index (χ4v) is 5.12. The third-order valence-corrected chi connectivity index (χ3v) is 6.45. The number of hydrazone groups is 1. The van der Waals surface area contributed by atoms with Gasteiger partial charge in [-0.3, -0.25) is 19.7 Å². The minimum atomic E-state index is -0.587. The standard InChI is InChI=1S/C18H14ClN3O4/c19-13-4-1-8(5-14(13)22(25)26)7-20-21-17(23)15-9-2-3-10(12-6-11(9)12)16(15)18(21)24/h1-5,7,9-12,15-16H,6H2/b20-7-/t9-,10+,11-,12+,15-,16+. The quantitative estimate of drug-likeness (QED) is 0.268. The number of nitro benzene ring substituents is 1. The highest BCUT2D eigenvalue weighted by Gasteiger charge is 2.67. The summed E-state index contributed by atoms with van der Waals surface area (Å²) in [7, 11) is 0. The Labute approximate surface area is 153 Å². The van der Waals surface area contributed by atoms with Gasteiger partial charge in [0.25, 0.3) is 17.5 Å². The summed E-state index contributed by atoms with van der Waals surface area (Å²) in [6.07, 6.45) is 6.60. The lowest BCUT2D eigenvalue weighted by Gasteiger charge is -2.37. The van der Waals surface area contributed by atoms with Gasteiger partial charge in [-0.05, 0) is 36.2 Å². The summed E-state index contributed by atoms with van der Waals surface area (Å²) in [5.41, 5.74) is 0.159. The van der Waals surface area contributed by atoms with Gasteiger partial charge in [-0.1, -0.05) is 29.8 Å². The third-order valence-electron chi connectivity index (χ3n) is 6.13. The molecule has 132 valence electrons. The average Bonchev–Trinajstić information content (AvgIpc) is 3.40. The van der Waals surface area contributed by atoms with Crippen molar-refractivity contribution in [2.24, 2.45) is 40.6 Å². The fraction of sp³-hybridized carbons (Fsp3) is 0.389. The summed E-state index contributed by atoms with van der Waals surface area (Å²) in [5, 5.41) is 16.0. The van der Waals surface area contributed by atoms with Crippen molar-refractivity contribution in [2.45, 2.75) is 6.42 Å². The second kappa shape index (κ2) is 5.23. The van der Waals surface area contributed by atoms with E-state index < -0.39 is 4.92 Å². The molecule has 1 aromatic rings. The monoisotopic (exact) mass is 371 g/mol. The van der Waals surface area contributed by atoms with Crippen molar-refractivity contribution in [3.05, 3.63) is 51.1 Å². The molecule has 0 N–H and O–H groups in total. The van der Waals surface area contributed by atoms with Gasteiger partial charge in [0, 0.05) is 11.6 Å². The van der Waals surface area contributed by atoms with Gasteiger partial charge in [0.15, 0.2) is 0 Å². The molecule has 1 aromatic carbocycles. The maximum Gasteiger partial charge on any atom is 0.288 e. The maximum atomic E-state index is 12.8. The summed E-state index contributed by atoms with van der Waals surface area (Å²) in [4.78, 5) is 36.0. The second-order valence-corrected chi connectivity index (χ2v) is 7.76. The number of carbonyl (C=O) groups excluding carboxylic acids is 2. The number of benzene rings is 1. The third kappa shape index (κ3) is 2.03. The van der Waals surface area contributed by atoms with Gasteiger partial charge < -0.3 is 0 Å². The van der Waals surface area contributed by atoms with E-state index in [2.05, 4.69) is 17.3 Å². The minimum Gasteiger partial charge on any atom is -0.272 e. The van der Waals surface area contributed by atoms with Crippen molar-refractivity contribution in [2.75, 3.05) is 0 Å². The van der Waals surface area contributed by atoms with Crippen LogP contribution < -0.4 is 0 Å². The normalized spacial score (nSPS) is 36.6. The van der Waals surface area contributed by atoms with E-state index in [0.717, 1.165) is 11.4 Å². The zero-order chi connectivity index (χ0) is 18.2. The van der Waals surface area contributed by atoms with Crippen LogP contribution >= 0.6 is 11.6 Å². The lowest BCUT2D eigenvalue weighted by Crippen LogP contribution is -2.40. The Bertz CT molecular complexity index is 891. The van der Waals surface area contributed by atoms with Gasteiger partial charge in [0.05, 0.1) is 23.0 Å². The highest BCUT2D eigenvalue weighted by molar-refractivity contribution is 6.32. The van der Waals surface area contributed by atoms with E-state index in [-0.39, 0.29) is 46.2 Å². The van der Waals surface area contributed by atoms with Crippen LogP contribution in [0.3, 0.4) is 0 Å². The molecule has 4 aliphatic carbocycles. The number of allylic oxidation sites excluding steroid dienone is 2.